The smallest absolute Gasteiger partial charge is 0.115 e. The Hall–Kier alpha value is -0.150. The molecule has 0 aromatic carbocycles. The molecule has 0 spiro atoms. The minimum atomic E-state index is -0.699. The summed E-state index contributed by atoms with van der Waals surface area (Å²) < 4.78 is 12.7. The van der Waals surface area contributed by atoms with Gasteiger partial charge >= 0.3 is 0 Å². The maximum Gasteiger partial charge on any atom is 0.115 e. The number of alkyl halides is 1. The van der Waals surface area contributed by atoms with E-state index >= 15 is 0 Å². The van der Waals surface area contributed by atoms with Crippen LogP contribution in [0.2, 0.25) is 0 Å². The fourth-order valence-corrected chi connectivity index (χ4v) is 2.06. The topological polar surface area (TPSA) is 23.5 Å². The molecule has 2 saturated heterocycles. The zero-order valence-electron chi connectivity index (χ0n) is 5.89. The molecular formula is C7H12FNO. The lowest BCUT2D eigenvalue weighted by Crippen LogP contribution is -2.57. The predicted molar refractivity (Wildman–Crippen MR) is 35.5 cm³/mol. The van der Waals surface area contributed by atoms with E-state index in [1.54, 1.807) is 0 Å². The maximum atomic E-state index is 12.7. The van der Waals surface area contributed by atoms with Gasteiger partial charge in [0, 0.05) is 25.0 Å². The number of rotatable bonds is 1. The molecule has 2 nitrogen and oxygen atoms in total. The van der Waals surface area contributed by atoms with Gasteiger partial charge in [0.1, 0.15) is 6.17 Å². The number of hydrogen-bond donors (Lipinski definition) is 1. The van der Waals surface area contributed by atoms with Crippen LogP contribution in [0.25, 0.3) is 0 Å². The van der Waals surface area contributed by atoms with Crippen LogP contribution in [0.5, 0.6) is 0 Å². The number of nitrogens with zero attached hydrogens (tertiary/aromatic N) is 1. The molecule has 2 rings (SSSR count). The van der Waals surface area contributed by atoms with Gasteiger partial charge in [-0.1, -0.05) is 0 Å². The summed E-state index contributed by atoms with van der Waals surface area (Å²) in [4.78, 5) is 2.05. The van der Waals surface area contributed by atoms with E-state index in [9.17, 15) is 4.39 Å². The first-order valence-corrected chi connectivity index (χ1v) is 3.77. The second-order valence-electron chi connectivity index (χ2n) is 3.38. The molecule has 0 aromatic rings. The molecule has 0 aromatic heterocycles. The molecule has 2 aliphatic heterocycles. The first-order chi connectivity index (χ1) is 4.77. The SMILES string of the molecule is OC[C@@]12CCN1C[C@H](F)C2. The first-order valence-electron chi connectivity index (χ1n) is 3.77. The molecule has 0 amide bonds. The predicted octanol–water partition coefficient (Wildman–Crippen LogP) is 0.165. The van der Waals surface area contributed by atoms with Crippen molar-refractivity contribution in [2.75, 3.05) is 19.7 Å². The van der Waals surface area contributed by atoms with Gasteiger partial charge in [-0.15, -0.1) is 0 Å². The van der Waals surface area contributed by atoms with Gasteiger partial charge in [0.05, 0.1) is 6.61 Å². The van der Waals surface area contributed by atoms with Crippen molar-refractivity contribution in [3.8, 4) is 0 Å². The van der Waals surface area contributed by atoms with Crippen molar-refractivity contribution in [1.82, 2.24) is 4.90 Å². The van der Waals surface area contributed by atoms with Gasteiger partial charge in [-0.05, 0) is 6.42 Å². The van der Waals surface area contributed by atoms with Crippen molar-refractivity contribution >= 4 is 0 Å². The summed E-state index contributed by atoms with van der Waals surface area (Å²) in [6.07, 6.45) is 0.822. The third kappa shape index (κ3) is 0.648. The van der Waals surface area contributed by atoms with Gasteiger partial charge in [0.25, 0.3) is 0 Å². The highest BCUT2D eigenvalue weighted by atomic mass is 19.1. The zero-order chi connectivity index (χ0) is 7.19. The Bertz CT molecular complexity index is 149. The Labute approximate surface area is 59.6 Å². The summed E-state index contributed by atoms with van der Waals surface area (Å²) in [6.45, 7) is 1.65. The van der Waals surface area contributed by atoms with Gasteiger partial charge in [-0.25, -0.2) is 4.39 Å². The van der Waals surface area contributed by atoms with Crippen LogP contribution in [0, 0.1) is 0 Å². The van der Waals surface area contributed by atoms with Crippen LogP contribution in [-0.2, 0) is 0 Å². The average Bonchev–Trinajstić information content (AvgIpc) is 2.11. The summed E-state index contributed by atoms with van der Waals surface area (Å²) in [5, 5.41) is 8.96. The molecule has 0 unspecified atom stereocenters. The molecule has 2 fully saturated rings. The van der Waals surface area contributed by atoms with E-state index in [4.69, 9.17) is 5.11 Å². The Kier molecular flexibility index (Phi) is 1.26. The second-order valence-corrected chi connectivity index (χ2v) is 3.38. The molecule has 10 heavy (non-hydrogen) atoms. The Morgan fingerprint density at radius 2 is 2.50 bits per heavy atom. The summed E-state index contributed by atoms with van der Waals surface area (Å²) in [7, 11) is 0. The largest absolute Gasteiger partial charge is 0.394 e. The van der Waals surface area contributed by atoms with E-state index in [1.807, 2.05) is 0 Å². The Morgan fingerprint density at radius 3 is 2.80 bits per heavy atom. The monoisotopic (exact) mass is 145 g/mol. The van der Waals surface area contributed by atoms with Gasteiger partial charge in [-0.3, -0.25) is 4.90 Å². The zero-order valence-corrected chi connectivity index (χ0v) is 5.89. The number of aliphatic hydroxyl groups excluding tert-OH is 1. The summed E-state index contributed by atoms with van der Waals surface area (Å²) in [6, 6.07) is 0. The van der Waals surface area contributed by atoms with Crippen LogP contribution in [0.1, 0.15) is 12.8 Å². The van der Waals surface area contributed by atoms with Gasteiger partial charge < -0.3 is 5.11 Å². The van der Waals surface area contributed by atoms with E-state index in [0.29, 0.717) is 13.0 Å². The van der Waals surface area contributed by atoms with Crippen molar-refractivity contribution < 1.29 is 9.50 Å². The van der Waals surface area contributed by atoms with Crippen LogP contribution >= 0.6 is 0 Å². The number of halogens is 1. The molecule has 58 valence electrons. The highest BCUT2D eigenvalue weighted by Gasteiger charge is 2.51. The highest BCUT2D eigenvalue weighted by molar-refractivity contribution is 5.06. The van der Waals surface area contributed by atoms with Crippen molar-refractivity contribution in [3.05, 3.63) is 0 Å². The highest BCUT2D eigenvalue weighted by Crippen LogP contribution is 2.40. The lowest BCUT2D eigenvalue weighted by molar-refractivity contribution is -0.0190. The molecule has 3 heteroatoms. The lowest BCUT2D eigenvalue weighted by Gasteiger charge is -2.46. The van der Waals surface area contributed by atoms with Crippen LogP contribution in [0.4, 0.5) is 4.39 Å². The normalized spacial score (nSPS) is 46.8. The van der Waals surface area contributed by atoms with Crippen LogP contribution < -0.4 is 0 Å². The van der Waals surface area contributed by atoms with Crippen molar-refractivity contribution in [1.29, 1.82) is 0 Å². The minimum Gasteiger partial charge on any atom is -0.394 e. The first kappa shape index (κ1) is 6.55. The van der Waals surface area contributed by atoms with E-state index in [-0.39, 0.29) is 12.1 Å². The maximum absolute atomic E-state index is 12.7. The summed E-state index contributed by atoms with van der Waals surface area (Å²) >= 11 is 0. The number of aliphatic hydroxyl groups is 1. The summed E-state index contributed by atoms with van der Waals surface area (Å²) in [5.41, 5.74) is -0.139. The molecule has 1 N–H and O–H groups in total. The molecule has 0 aliphatic carbocycles. The molecule has 0 radical (unpaired) electrons. The fourth-order valence-electron chi connectivity index (χ4n) is 2.06. The van der Waals surface area contributed by atoms with Crippen LogP contribution in [0.3, 0.4) is 0 Å². The van der Waals surface area contributed by atoms with Crippen LogP contribution in [0.15, 0.2) is 0 Å². The third-order valence-electron chi connectivity index (χ3n) is 2.83. The molecule has 2 aliphatic rings. The lowest BCUT2D eigenvalue weighted by atomic mass is 9.86. The van der Waals surface area contributed by atoms with Crippen LogP contribution in [-0.4, -0.2) is 41.4 Å². The average molecular weight is 145 g/mol. The fraction of sp³-hybridized carbons (Fsp3) is 1.00. The van der Waals surface area contributed by atoms with Gasteiger partial charge in [-0.2, -0.15) is 0 Å². The number of fused-ring (bicyclic) bond motifs is 1. The van der Waals surface area contributed by atoms with Gasteiger partial charge in [0.2, 0.25) is 0 Å². The second kappa shape index (κ2) is 1.92. The molecular weight excluding hydrogens is 133 g/mol. The van der Waals surface area contributed by atoms with Gasteiger partial charge in [0.15, 0.2) is 0 Å². The quantitative estimate of drug-likeness (QED) is 0.568. The Balaban J connectivity index is 2.10. The van der Waals surface area contributed by atoms with Crippen molar-refractivity contribution in [2.45, 2.75) is 24.6 Å². The molecule has 2 atom stereocenters. The van der Waals surface area contributed by atoms with E-state index in [1.165, 1.54) is 0 Å². The summed E-state index contributed by atoms with van der Waals surface area (Å²) in [5.74, 6) is 0. The third-order valence-corrected chi connectivity index (χ3v) is 2.83. The van der Waals surface area contributed by atoms with E-state index < -0.39 is 6.17 Å². The standard InChI is InChI=1S/C7H12FNO/c8-6-3-7(5-10)1-2-9(7)4-6/h6,10H,1-5H2/t6-,7+/m1/s1. The molecule has 0 saturated carbocycles. The van der Waals surface area contributed by atoms with Crippen molar-refractivity contribution in [2.24, 2.45) is 0 Å². The van der Waals surface area contributed by atoms with E-state index in [2.05, 4.69) is 4.90 Å². The van der Waals surface area contributed by atoms with Crippen molar-refractivity contribution in [3.63, 3.8) is 0 Å². The minimum absolute atomic E-state index is 0.132. The molecule has 0 bridgehead atoms. The number of hydrogen-bond acceptors (Lipinski definition) is 2. The molecule has 2 heterocycles. The Morgan fingerprint density at radius 1 is 1.70 bits per heavy atom. The van der Waals surface area contributed by atoms with E-state index in [0.717, 1.165) is 13.0 Å².